The molecule has 0 aliphatic carbocycles. The lowest BCUT2D eigenvalue weighted by Crippen LogP contribution is -2.45. The largest absolute Gasteiger partial charge is 0.416 e. The Kier molecular flexibility index (Phi) is 5.40. The van der Waals surface area contributed by atoms with Crippen LogP contribution in [0.25, 0.3) is 10.9 Å². The maximum atomic E-state index is 12.9. The molecule has 28 heavy (non-hydrogen) atoms. The highest BCUT2D eigenvalue weighted by molar-refractivity contribution is 5.92. The van der Waals surface area contributed by atoms with Crippen molar-refractivity contribution in [2.75, 3.05) is 24.5 Å². The standard InChI is InChI=1S/C18H17F6N3O/c19-17(20,21)10-26-16(28)11-2-1-7-27(9-11)15-5-6-25-14-8-12(18(22,23)24)3-4-13(14)15/h3-6,8,11H,1-2,7,9-10H2,(H,26,28). The van der Waals surface area contributed by atoms with E-state index in [1.54, 1.807) is 11.0 Å². The molecule has 2 aromatic rings. The van der Waals surface area contributed by atoms with E-state index in [4.69, 9.17) is 0 Å². The van der Waals surface area contributed by atoms with Crippen LogP contribution in [0.1, 0.15) is 18.4 Å². The summed E-state index contributed by atoms with van der Waals surface area (Å²) in [6, 6.07) is 4.88. The maximum absolute atomic E-state index is 12.9. The molecule has 4 nitrogen and oxygen atoms in total. The summed E-state index contributed by atoms with van der Waals surface area (Å²) < 4.78 is 75.6. The van der Waals surface area contributed by atoms with Crippen molar-refractivity contribution in [1.82, 2.24) is 10.3 Å². The van der Waals surface area contributed by atoms with Gasteiger partial charge in [-0.15, -0.1) is 0 Å². The number of piperidine rings is 1. The first-order chi connectivity index (χ1) is 13.0. The van der Waals surface area contributed by atoms with E-state index in [0.29, 0.717) is 30.5 Å². The lowest BCUT2D eigenvalue weighted by atomic mass is 9.96. The van der Waals surface area contributed by atoms with Gasteiger partial charge in [-0.2, -0.15) is 26.3 Å². The van der Waals surface area contributed by atoms with E-state index in [-0.39, 0.29) is 12.1 Å². The molecule has 3 rings (SSSR count). The summed E-state index contributed by atoms with van der Waals surface area (Å²) in [6.07, 6.45) is -6.57. The summed E-state index contributed by atoms with van der Waals surface area (Å²) in [4.78, 5) is 17.9. The van der Waals surface area contributed by atoms with Crippen LogP contribution in [0.4, 0.5) is 32.0 Å². The molecule has 1 amide bonds. The van der Waals surface area contributed by atoms with Crippen LogP contribution >= 0.6 is 0 Å². The van der Waals surface area contributed by atoms with E-state index < -0.39 is 36.3 Å². The number of nitrogens with zero attached hydrogens (tertiary/aromatic N) is 2. The smallest absolute Gasteiger partial charge is 0.370 e. The number of amides is 1. The summed E-state index contributed by atoms with van der Waals surface area (Å²) in [5.41, 5.74) is -0.0456. The zero-order valence-corrected chi connectivity index (χ0v) is 14.6. The highest BCUT2D eigenvalue weighted by Crippen LogP contribution is 2.34. The van der Waals surface area contributed by atoms with Gasteiger partial charge in [0.15, 0.2) is 0 Å². The number of anilines is 1. The molecule has 0 bridgehead atoms. The lowest BCUT2D eigenvalue weighted by Gasteiger charge is -2.34. The molecule has 1 aliphatic heterocycles. The number of hydrogen-bond acceptors (Lipinski definition) is 3. The van der Waals surface area contributed by atoms with Gasteiger partial charge in [-0.3, -0.25) is 9.78 Å². The van der Waals surface area contributed by atoms with Gasteiger partial charge in [-0.1, -0.05) is 6.07 Å². The third-order valence-corrected chi connectivity index (χ3v) is 4.64. The van der Waals surface area contributed by atoms with Crippen LogP contribution in [-0.2, 0) is 11.0 Å². The van der Waals surface area contributed by atoms with Crippen molar-refractivity contribution in [3.63, 3.8) is 0 Å². The molecule has 1 atom stereocenters. The van der Waals surface area contributed by atoms with Crippen molar-refractivity contribution in [3.05, 3.63) is 36.0 Å². The van der Waals surface area contributed by atoms with Crippen LogP contribution < -0.4 is 10.2 Å². The number of hydrogen-bond donors (Lipinski definition) is 1. The molecule has 1 aromatic carbocycles. The van der Waals surface area contributed by atoms with Gasteiger partial charge >= 0.3 is 12.4 Å². The van der Waals surface area contributed by atoms with Crippen LogP contribution in [0.3, 0.4) is 0 Å². The molecule has 10 heteroatoms. The Bertz CT molecular complexity index is 865. The number of carbonyl (C=O) groups excluding carboxylic acids is 1. The second-order valence-corrected chi connectivity index (χ2v) is 6.68. The summed E-state index contributed by atoms with van der Waals surface area (Å²) in [5, 5.41) is 2.39. The second kappa shape index (κ2) is 7.48. The molecule has 1 aromatic heterocycles. The minimum Gasteiger partial charge on any atom is -0.370 e. The first kappa shape index (κ1) is 20.2. The van der Waals surface area contributed by atoms with Crippen LogP contribution in [0, 0.1) is 5.92 Å². The number of nitrogens with one attached hydrogen (secondary N) is 1. The van der Waals surface area contributed by atoms with E-state index in [1.807, 2.05) is 5.32 Å². The van der Waals surface area contributed by atoms with Gasteiger partial charge in [-0.25, -0.2) is 0 Å². The maximum Gasteiger partial charge on any atom is 0.416 e. The van der Waals surface area contributed by atoms with Crippen molar-refractivity contribution in [2.45, 2.75) is 25.2 Å². The third-order valence-electron chi connectivity index (χ3n) is 4.64. The molecule has 1 saturated heterocycles. The number of halogens is 6. The van der Waals surface area contributed by atoms with Gasteiger partial charge in [-0.05, 0) is 31.0 Å². The molecule has 0 radical (unpaired) electrons. The Morgan fingerprint density at radius 3 is 2.61 bits per heavy atom. The summed E-state index contributed by atoms with van der Waals surface area (Å²) in [5.74, 6) is -1.31. The zero-order chi connectivity index (χ0) is 20.5. The number of pyridine rings is 1. The first-order valence-corrected chi connectivity index (χ1v) is 8.60. The van der Waals surface area contributed by atoms with E-state index in [1.165, 1.54) is 12.3 Å². The fraction of sp³-hybridized carbons (Fsp3) is 0.444. The summed E-state index contributed by atoms with van der Waals surface area (Å²) >= 11 is 0. The highest BCUT2D eigenvalue weighted by atomic mass is 19.4. The molecule has 2 heterocycles. The number of carbonyl (C=O) groups is 1. The summed E-state index contributed by atoms with van der Waals surface area (Å²) in [6.45, 7) is -0.659. The van der Waals surface area contributed by atoms with Gasteiger partial charge < -0.3 is 10.2 Å². The predicted octanol–water partition coefficient (Wildman–Crippen LogP) is 4.15. The predicted molar refractivity (Wildman–Crippen MR) is 90.7 cm³/mol. The quantitative estimate of drug-likeness (QED) is 0.781. The number of rotatable bonds is 3. The lowest BCUT2D eigenvalue weighted by molar-refractivity contribution is -0.140. The van der Waals surface area contributed by atoms with E-state index in [2.05, 4.69) is 4.98 Å². The average molecular weight is 405 g/mol. The SMILES string of the molecule is O=C(NCC(F)(F)F)C1CCCN(c2ccnc3cc(C(F)(F)F)ccc23)C1. The van der Waals surface area contributed by atoms with Gasteiger partial charge in [0.2, 0.25) is 5.91 Å². The van der Waals surface area contributed by atoms with Crippen LogP contribution in [0.2, 0.25) is 0 Å². The third kappa shape index (κ3) is 4.66. The molecular formula is C18H17F6N3O. The van der Waals surface area contributed by atoms with Crippen LogP contribution in [-0.4, -0.2) is 36.7 Å². The monoisotopic (exact) mass is 405 g/mol. The molecule has 1 fully saturated rings. The van der Waals surface area contributed by atoms with Crippen molar-refractivity contribution < 1.29 is 31.1 Å². The van der Waals surface area contributed by atoms with Crippen molar-refractivity contribution in [3.8, 4) is 0 Å². The Morgan fingerprint density at radius 2 is 1.93 bits per heavy atom. The van der Waals surface area contributed by atoms with E-state index in [0.717, 1.165) is 12.1 Å². The highest BCUT2D eigenvalue weighted by Gasteiger charge is 2.33. The Balaban J connectivity index is 1.81. The number of alkyl halides is 6. The average Bonchev–Trinajstić information content (AvgIpc) is 2.64. The number of benzene rings is 1. The zero-order valence-electron chi connectivity index (χ0n) is 14.6. The molecule has 152 valence electrons. The van der Waals surface area contributed by atoms with Gasteiger partial charge in [0.05, 0.1) is 17.0 Å². The second-order valence-electron chi connectivity index (χ2n) is 6.68. The normalized spacial score (nSPS) is 18.4. The van der Waals surface area contributed by atoms with Crippen LogP contribution in [0.5, 0.6) is 0 Å². The topological polar surface area (TPSA) is 45.2 Å². The van der Waals surface area contributed by atoms with E-state index >= 15 is 0 Å². The first-order valence-electron chi connectivity index (χ1n) is 8.60. The van der Waals surface area contributed by atoms with E-state index in [9.17, 15) is 31.1 Å². The Hall–Kier alpha value is -2.52. The molecule has 1 N–H and O–H groups in total. The number of aromatic nitrogens is 1. The minimum absolute atomic E-state index is 0.163. The van der Waals surface area contributed by atoms with Crippen molar-refractivity contribution in [1.29, 1.82) is 0 Å². The minimum atomic E-state index is -4.49. The molecular weight excluding hydrogens is 388 g/mol. The van der Waals surface area contributed by atoms with Crippen LogP contribution in [0.15, 0.2) is 30.5 Å². The molecule has 1 unspecified atom stereocenters. The Morgan fingerprint density at radius 1 is 1.18 bits per heavy atom. The van der Waals surface area contributed by atoms with Crippen molar-refractivity contribution in [2.24, 2.45) is 5.92 Å². The molecule has 0 spiro atoms. The van der Waals surface area contributed by atoms with Gasteiger partial charge in [0, 0.05) is 30.4 Å². The fourth-order valence-corrected chi connectivity index (χ4v) is 3.33. The summed E-state index contributed by atoms with van der Waals surface area (Å²) in [7, 11) is 0. The molecule has 1 aliphatic rings. The fourth-order valence-electron chi connectivity index (χ4n) is 3.33. The van der Waals surface area contributed by atoms with Gasteiger partial charge in [0.1, 0.15) is 6.54 Å². The van der Waals surface area contributed by atoms with Gasteiger partial charge in [0.25, 0.3) is 0 Å². The Labute approximate surface area is 156 Å². The van der Waals surface area contributed by atoms with Crippen molar-refractivity contribution >= 4 is 22.5 Å². The number of fused-ring (bicyclic) bond motifs is 1. The molecule has 0 saturated carbocycles.